The lowest BCUT2D eigenvalue weighted by atomic mass is 10.0. The number of aliphatic hydroxyl groups is 1. The topological polar surface area (TPSA) is 32.7 Å². The van der Waals surface area contributed by atoms with Crippen LogP contribution in [0.25, 0.3) is 0 Å². The van der Waals surface area contributed by atoms with Gasteiger partial charge in [0.2, 0.25) is 0 Å². The quantitative estimate of drug-likeness (QED) is 0.909. The molecule has 1 aliphatic heterocycles. The van der Waals surface area contributed by atoms with Gasteiger partial charge < -0.3 is 14.7 Å². The van der Waals surface area contributed by atoms with Crippen molar-refractivity contribution in [2.45, 2.75) is 51.9 Å². The number of nitrogens with zero attached hydrogens (tertiary/aromatic N) is 1. The van der Waals surface area contributed by atoms with E-state index >= 15 is 0 Å². The Morgan fingerprint density at radius 1 is 1.42 bits per heavy atom. The molecule has 3 nitrogen and oxygen atoms in total. The van der Waals surface area contributed by atoms with Gasteiger partial charge in [0, 0.05) is 24.3 Å². The van der Waals surface area contributed by atoms with Crippen molar-refractivity contribution in [1.29, 1.82) is 0 Å². The molecule has 3 heteroatoms. The van der Waals surface area contributed by atoms with Crippen LogP contribution in [0.2, 0.25) is 0 Å². The Morgan fingerprint density at radius 3 is 2.74 bits per heavy atom. The molecule has 1 fully saturated rings. The lowest BCUT2D eigenvalue weighted by Crippen LogP contribution is -2.52. The van der Waals surface area contributed by atoms with E-state index in [1.54, 1.807) is 0 Å². The van der Waals surface area contributed by atoms with Crippen LogP contribution < -0.4 is 4.90 Å². The summed E-state index contributed by atoms with van der Waals surface area (Å²) in [6.45, 7) is 10.1. The van der Waals surface area contributed by atoms with Crippen LogP contribution in [0.5, 0.6) is 0 Å². The third-order valence-corrected chi connectivity index (χ3v) is 3.59. The second-order valence-corrected chi connectivity index (χ2v) is 6.05. The number of aliphatic hydroxyl groups excluding tert-OH is 1. The van der Waals surface area contributed by atoms with Gasteiger partial charge in [-0.3, -0.25) is 0 Å². The van der Waals surface area contributed by atoms with Crippen molar-refractivity contribution in [3.8, 4) is 0 Å². The molecule has 0 spiro atoms. The molecule has 106 valence electrons. The summed E-state index contributed by atoms with van der Waals surface area (Å²) in [6, 6.07) is 8.15. The van der Waals surface area contributed by atoms with Crippen LogP contribution in [0.4, 0.5) is 5.69 Å². The second-order valence-electron chi connectivity index (χ2n) is 6.05. The van der Waals surface area contributed by atoms with Crippen molar-refractivity contribution in [1.82, 2.24) is 0 Å². The molecule has 2 atom stereocenters. The van der Waals surface area contributed by atoms with Crippen LogP contribution in [-0.2, 0) is 4.74 Å². The molecule has 0 bridgehead atoms. The van der Waals surface area contributed by atoms with Crippen LogP contribution in [0.3, 0.4) is 0 Å². The molecule has 1 aromatic rings. The summed E-state index contributed by atoms with van der Waals surface area (Å²) < 4.78 is 5.95. The van der Waals surface area contributed by atoms with E-state index in [4.69, 9.17) is 4.74 Å². The Labute approximate surface area is 116 Å². The van der Waals surface area contributed by atoms with Gasteiger partial charge in [0.15, 0.2) is 0 Å². The zero-order chi connectivity index (χ0) is 14.0. The summed E-state index contributed by atoms with van der Waals surface area (Å²) in [6.07, 6.45) is 0.549. The van der Waals surface area contributed by atoms with Gasteiger partial charge in [0.05, 0.1) is 17.8 Å². The van der Waals surface area contributed by atoms with Crippen molar-refractivity contribution in [3.05, 3.63) is 29.8 Å². The summed E-state index contributed by atoms with van der Waals surface area (Å²) in [5.74, 6) is 0. The molecular formula is C16H25NO2. The molecule has 1 aliphatic rings. The zero-order valence-corrected chi connectivity index (χ0v) is 12.4. The third kappa shape index (κ3) is 3.28. The number of ether oxygens (including phenoxy) is 1. The van der Waals surface area contributed by atoms with E-state index in [9.17, 15) is 5.11 Å². The lowest BCUT2D eigenvalue weighted by Gasteiger charge is -2.43. The molecule has 2 rings (SSSR count). The first-order chi connectivity index (χ1) is 8.93. The SMILES string of the molecule is CCC(O)c1ccccc1N1CC(C)OC(C)(C)C1. The highest BCUT2D eigenvalue weighted by atomic mass is 16.5. The molecule has 0 amide bonds. The highest BCUT2D eigenvalue weighted by Crippen LogP contribution is 2.32. The molecule has 2 unspecified atom stereocenters. The van der Waals surface area contributed by atoms with Crippen molar-refractivity contribution in [3.63, 3.8) is 0 Å². The predicted molar refractivity (Wildman–Crippen MR) is 78.5 cm³/mol. The summed E-state index contributed by atoms with van der Waals surface area (Å²) in [5, 5.41) is 10.2. The molecule has 0 aliphatic carbocycles. The lowest BCUT2D eigenvalue weighted by molar-refractivity contribution is -0.0750. The van der Waals surface area contributed by atoms with Crippen LogP contribution in [0, 0.1) is 0 Å². The number of hydrogen-bond acceptors (Lipinski definition) is 3. The summed E-state index contributed by atoms with van der Waals surface area (Å²) in [5.41, 5.74) is 2.01. The first-order valence-corrected chi connectivity index (χ1v) is 7.12. The monoisotopic (exact) mass is 263 g/mol. The molecule has 0 aromatic heterocycles. The fourth-order valence-corrected chi connectivity index (χ4v) is 2.91. The second kappa shape index (κ2) is 5.51. The van der Waals surface area contributed by atoms with Crippen molar-refractivity contribution in [2.75, 3.05) is 18.0 Å². The van der Waals surface area contributed by atoms with Crippen LogP contribution in [0.15, 0.2) is 24.3 Å². The van der Waals surface area contributed by atoms with Crippen molar-refractivity contribution < 1.29 is 9.84 Å². The molecule has 1 aromatic carbocycles. The Morgan fingerprint density at radius 2 is 2.11 bits per heavy atom. The van der Waals surface area contributed by atoms with Crippen LogP contribution in [-0.4, -0.2) is 29.9 Å². The summed E-state index contributed by atoms with van der Waals surface area (Å²) in [4.78, 5) is 2.34. The van der Waals surface area contributed by atoms with Crippen LogP contribution >= 0.6 is 0 Å². The van der Waals surface area contributed by atoms with E-state index in [2.05, 4.69) is 31.7 Å². The zero-order valence-electron chi connectivity index (χ0n) is 12.4. The molecule has 0 radical (unpaired) electrons. The van der Waals surface area contributed by atoms with E-state index in [-0.39, 0.29) is 11.7 Å². The number of benzene rings is 1. The number of anilines is 1. The number of para-hydroxylation sites is 1. The maximum Gasteiger partial charge on any atom is 0.0807 e. The Kier molecular flexibility index (Phi) is 4.16. The molecule has 1 saturated heterocycles. The molecule has 1 N–H and O–H groups in total. The van der Waals surface area contributed by atoms with Crippen LogP contribution in [0.1, 0.15) is 45.8 Å². The average Bonchev–Trinajstić information content (AvgIpc) is 2.35. The first-order valence-electron chi connectivity index (χ1n) is 7.12. The van der Waals surface area contributed by atoms with E-state index < -0.39 is 6.10 Å². The fraction of sp³-hybridized carbons (Fsp3) is 0.625. The normalized spacial score (nSPS) is 24.3. The standard InChI is InChI=1S/C16H25NO2/c1-5-15(18)13-8-6-7-9-14(13)17-10-12(2)19-16(3,4)11-17/h6-9,12,15,18H,5,10-11H2,1-4H3. The van der Waals surface area contributed by atoms with Gasteiger partial charge in [-0.15, -0.1) is 0 Å². The van der Waals surface area contributed by atoms with Gasteiger partial charge in [-0.05, 0) is 33.3 Å². The predicted octanol–water partition coefficient (Wildman–Crippen LogP) is 3.13. The largest absolute Gasteiger partial charge is 0.388 e. The Balaban J connectivity index is 2.31. The van der Waals surface area contributed by atoms with Crippen molar-refractivity contribution >= 4 is 5.69 Å². The highest BCUT2D eigenvalue weighted by Gasteiger charge is 2.32. The van der Waals surface area contributed by atoms with E-state index in [1.165, 1.54) is 0 Å². The fourth-order valence-electron chi connectivity index (χ4n) is 2.91. The van der Waals surface area contributed by atoms with Gasteiger partial charge in [-0.1, -0.05) is 25.1 Å². The molecule has 1 heterocycles. The number of rotatable bonds is 3. The third-order valence-electron chi connectivity index (χ3n) is 3.59. The minimum Gasteiger partial charge on any atom is -0.388 e. The minimum absolute atomic E-state index is 0.151. The Bertz CT molecular complexity index is 431. The first kappa shape index (κ1) is 14.4. The summed E-state index contributed by atoms with van der Waals surface area (Å²) in [7, 11) is 0. The van der Waals surface area contributed by atoms with Gasteiger partial charge in [0.1, 0.15) is 0 Å². The van der Waals surface area contributed by atoms with Crippen molar-refractivity contribution in [2.24, 2.45) is 0 Å². The maximum atomic E-state index is 10.2. The Hall–Kier alpha value is -1.06. The van der Waals surface area contributed by atoms with Gasteiger partial charge in [-0.25, -0.2) is 0 Å². The summed E-state index contributed by atoms with van der Waals surface area (Å²) >= 11 is 0. The van der Waals surface area contributed by atoms with Gasteiger partial charge >= 0.3 is 0 Å². The smallest absolute Gasteiger partial charge is 0.0807 e. The van der Waals surface area contributed by atoms with Gasteiger partial charge in [-0.2, -0.15) is 0 Å². The van der Waals surface area contributed by atoms with E-state index in [0.29, 0.717) is 0 Å². The maximum absolute atomic E-state index is 10.2. The number of hydrogen-bond donors (Lipinski definition) is 1. The minimum atomic E-state index is -0.391. The van der Waals surface area contributed by atoms with E-state index in [1.807, 2.05) is 25.1 Å². The van der Waals surface area contributed by atoms with Gasteiger partial charge in [0.25, 0.3) is 0 Å². The van der Waals surface area contributed by atoms with E-state index in [0.717, 1.165) is 30.8 Å². The molecule has 19 heavy (non-hydrogen) atoms. The average molecular weight is 263 g/mol. The molecule has 0 saturated carbocycles. The highest BCUT2D eigenvalue weighted by molar-refractivity contribution is 5.55. The number of morpholine rings is 1. The molecular weight excluding hydrogens is 238 g/mol.